The molecule has 136 valence electrons. The summed E-state index contributed by atoms with van der Waals surface area (Å²) in [7, 11) is 0. The Morgan fingerprint density at radius 3 is 2.77 bits per heavy atom. The number of hydrogen-bond donors (Lipinski definition) is 1. The average molecular weight is 390 g/mol. The fourth-order valence-electron chi connectivity index (χ4n) is 2.58. The highest BCUT2D eigenvalue weighted by atomic mass is 32.2. The maximum Gasteiger partial charge on any atom is 0.234 e. The molecule has 0 fully saturated rings. The summed E-state index contributed by atoms with van der Waals surface area (Å²) in [4.78, 5) is 23.7. The topological polar surface area (TPSA) is 54.9 Å². The molecular weight excluding hydrogens is 369 g/mol. The summed E-state index contributed by atoms with van der Waals surface area (Å²) in [6.45, 7) is 6.22. The molecule has 0 spiro atoms. The Bertz CT molecular complexity index is 955. The number of amides is 1. The number of anilines is 1. The monoisotopic (exact) mass is 389 g/mol. The summed E-state index contributed by atoms with van der Waals surface area (Å²) in [6, 6.07) is 6.15. The first-order chi connectivity index (χ1) is 12.5. The molecule has 7 heteroatoms. The molecule has 1 amide bonds. The number of rotatable bonds is 6. The van der Waals surface area contributed by atoms with Crippen LogP contribution in [-0.4, -0.2) is 21.6 Å². The standard InChI is InChI=1S/C19H20FN3OS2/c1-4-7-15-22-18(17-11(2)12(3)26-19(17)23-15)25-10-16(24)21-14-9-6-5-8-13(14)20/h5-6,8-9H,4,7,10H2,1-3H3,(H,21,24). The number of para-hydroxylation sites is 1. The van der Waals surface area contributed by atoms with E-state index in [0.717, 1.165) is 39.5 Å². The molecule has 3 rings (SSSR count). The Morgan fingerprint density at radius 1 is 1.27 bits per heavy atom. The minimum Gasteiger partial charge on any atom is -0.323 e. The van der Waals surface area contributed by atoms with E-state index in [1.807, 2.05) is 0 Å². The third-order valence-electron chi connectivity index (χ3n) is 4.00. The van der Waals surface area contributed by atoms with Gasteiger partial charge in [0.05, 0.1) is 11.4 Å². The SMILES string of the molecule is CCCc1nc(SCC(=O)Nc2ccccc2F)c2c(C)c(C)sc2n1. The van der Waals surface area contributed by atoms with Crippen molar-refractivity contribution in [3.63, 3.8) is 0 Å². The molecule has 0 saturated heterocycles. The van der Waals surface area contributed by atoms with Crippen LogP contribution in [0.2, 0.25) is 0 Å². The average Bonchev–Trinajstić information content (AvgIpc) is 2.89. The second kappa shape index (κ2) is 8.14. The number of carbonyl (C=O) groups is 1. The molecule has 3 aromatic rings. The Balaban J connectivity index is 1.81. The van der Waals surface area contributed by atoms with Gasteiger partial charge in [0.1, 0.15) is 21.5 Å². The molecule has 1 N–H and O–H groups in total. The van der Waals surface area contributed by atoms with E-state index in [1.54, 1.807) is 29.5 Å². The quantitative estimate of drug-likeness (QED) is 0.469. The predicted molar refractivity (Wildman–Crippen MR) is 107 cm³/mol. The lowest BCUT2D eigenvalue weighted by Crippen LogP contribution is -2.15. The first-order valence-electron chi connectivity index (χ1n) is 8.43. The van der Waals surface area contributed by atoms with Crippen LogP contribution in [0.4, 0.5) is 10.1 Å². The van der Waals surface area contributed by atoms with Crippen molar-refractivity contribution >= 4 is 44.9 Å². The predicted octanol–water partition coefficient (Wildman–Crippen LogP) is 5.13. The summed E-state index contributed by atoms with van der Waals surface area (Å²) < 4.78 is 13.7. The van der Waals surface area contributed by atoms with E-state index in [1.165, 1.54) is 22.7 Å². The normalized spacial score (nSPS) is 11.1. The third kappa shape index (κ3) is 4.04. The number of fused-ring (bicyclic) bond motifs is 1. The number of carbonyl (C=O) groups excluding carboxylic acids is 1. The number of halogens is 1. The molecule has 0 aliphatic heterocycles. The van der Waals surface area contributed by atoms with Crippen molar-refractivity contribution in [2.24, 2.45) is 0 Å². The number of nitrogens with one attached hydrogen (secondary N) is 1. The number of thiophene rings is 1. The summed E-state index contributed by atoms with van der Waals surface area (Å²) in [5.74, 6) is 0.275. The highest BCUT2D eigenvalue weighted by Crippen LogP contribution is 2.35. The van der Waals surface area contributed by atoms with E-state index in [-0.39, 0.29) is 17.3 Å². The molecule has 1 aromatic carbocycles. The van der Waals surface area contributed by atoms with Gasteiger partial charge in [0.15, 0.2) is 0 Å². The molecule has 0 aliphatic carbocycles. The number of thioether (sulfide) groups is 1. The van der Waals surface area contributed by atoms with E-state index in [0.29, 0.717) is 0 Å². The summed E-state index contributed by atoms with van der Waals surface area (Å²) in [5, 5.41) is 4.46. The van der Waals surface area contributed by atoms with Gasteiger partial charge in [-0.25, -0.2) is 14.4 Å². The van der Waals surface area contributed by atoms with E-state index >= 15 is 0 Å². The number of hydrogen-bond acceptors (Lipinski definition) is 5. The molecule has 0 unspecified atom stereocenters. The maximum atomic E-state index is 13.7. The van der Waals surface area contributed by atoms with Crippen LogP contribution < -0.4 is 5.32 Å². The smallest absolute Gasteiger partial charge is 0.234 e. The van der Waals surface area contributed by atoms with Gasteiger partial charge >= 0.3 is 0 Å². The van der Waals surface area contributed by atoms with Gasteiger partial charge in [-0.2, -0.15) is 0 Å². The van der Waals surface area contributed by atoms with Gasteiger partial charge in [-0.1, -0.05) is 30.8 Å². The molecule has 0 aliphatic rings. The van der Waals surface area contributed by atoms with Crippen LogP contribution >= 0.6 is 23.1 Å². The third-order valence-corrected chi connectivity index (χ3v) is 6.08. The van der Waals surface area contributed by atoms with E-state index in [2.05, 4.69) is 36.1 Å². The molecule has 0 bridgehead atoms. The van der Waals surface area contributed by atoms with Crippen LogP contribution in [0.25, 0.3) is 10.2 Å². The van der Waals surface area contributed by atoms with Crippen LogP contribution in [0.5, 0.6) is 0 Å². The molecule has 0 saturated carbocycles. The summed E-state index contributed by atoms with van der Waals surface area (Å²) in [5.41, 5.74) is 1.35. The van der Waals surface area contributed by atoms with E-state index in [9.17, 15) is 9.18 Å². The summed E-state index contributed by atoms with van der Waals surface area (Å²) >= 11 is 3.03. The fourth-order valence-corrected chi connectivity index (χ4v) is 4.59. The maximum absolute atomic E-state index is 13.7. The zero-order valence-electron chi connectivity index (χ0n) is 14.9. The molecule has 2 aromatic heterocycles. The lowest BCUT2D eigenvalue weighted by Gasteiger charge is -2.08. The van der Waals surface area contributed by atoms with Crippen molar-refractivity contribution in [1.29, 1.82) is 0 Å². The van der Waals surface area contributed by atoms with E-state index in [4.69, 9.17) is 0 Å². The fraction of sp³-hybridized carbons (Fsp3) is 0.316. The molecular formula is C19H20FN3OS2. The van der Waals surface area contributed by atoms with Gasteiger partial charge in [-0.15, -0.1) is 11.3 Å². The lowest BCUT2D eigenvalue weighted by atomic mass is 10.2. The van der Waals surface area contributed by atoms with Gasteiger partial charge < -0.3 is 5.32 Å². The zero-order valence-corrected chi connectivity index (χ0v) is 16.6. The van der Waals surface area contributed by atoms with Crippen LogP contribution in [0.1, 0.15) is 29.6 Å². The molecule has 0 atom stereocenters. The van der Waals surface area contributed by atoms with Gasteiger partial charge in [0.2, 0.25) is 5.91 Å². The first-order valence-corrected chi connectivity index (χ1v) is 10.2. The number of aryl methyl sites for hydroxylation is 3. The van der Waals surface area contributed by atoms with Gasteiger partial charge in [0, 0.05) is 16.7 Å². The van der Waals surface area contributed by atoms with Gasteiger partial charge in [-0.05, 0) is 38.0 Å². The van der Waals surface area contributed by atoms with Gasteiger partial charge in [0.25, 0.3) is 0 Å². The highest BCUT2D eigenvalue weighted by molar-refractivity contribution is 8.00. The Hall–Kier alpha value is -1.99. The van der Waals surface area contributed by atoms with Crippen molar-refractivity contribution in [3.05, 3.63) is 46.3 Å². The van der Waals surface area contributed by atoms with Crippen molar-refractivity contribution in [3.8, 4) is 0 Å². The van der Waals surface area contributed by atoms with Crippen molar-refractivity contribution in [1.82, 2.24) is 9.97 Å². The second-order valence-corrected chi connectivity index (χ2v) is 8.14. The minimum atomic E-state index is -0.440. The molecule has 2 heterocycles. The van der Waals surface area contributed by atoms with Crippen LogP contribution in [0, 0.1) is 19.7 Å². The lowest BCUT2D eigenvalue weighted by molar-refractivity contribution is -0.113. The summed E-state index contributed by atoms with van der Waals surface area (Å²) in [6.07, 6.45) is 1.77. The Labute approximate surface area is 160 Å². The van der Waals surface area contributed by atoms with Crippen LogP contribution in [0.15, 0.2) is 29.3 Å². The Morgan fingerprint density at radius 2 is 2.04 bits per heavy atom. The van der Waals surface area contributed by atoms with Crippen molar-refractivity contribution in [2.45, 2.75) is 38.6 Å². The van der Waals surface area contributed by atoms with E-state index < -0.39 is 5.82 Å². The van der Waals surface area contributed by atoms with Crippen molar-refractivity contribution < 1.29 is 9.18 Å². The molecule has 4 nitrogen and oxygen atoms in total. The second-order valence-electron chi connectivity index (χ2n) is 5.98. The Kier molecular flexibility index (Phi) is 5.88. The van der Waals surface area contributed by atoms with Crippen LogP contribution in [0.3, 0.4) is 0 Å². The number of aromatic nitrogens is 2. The molecule has 0 radical (unpaired) electrons. The highest BCUT2D eigenvalue weighted by Gasteiger charge is 2.16. The first kappa shape index (κ1) is 18.8. The largest absolute Gasteiger partial charge is 0.323 e. The van der Waals surface area contributed by atoms with Gasteiger partial charge in [-0.3, -0.25) is 4.79 Å². The number of benzene rings is 1. The van der Waals surface area contributed by atoms with Crippen LogP contribution in [-0.2, 0) is 11.2 Å². The number of nitrogens with zero attached hydrogens (tertiary/aromatic N) is 2. The van der Waals surface area contributed by atoms with Crippen molar-refractivity contribution in [2.75, 3.05) is 11.1 Å². The minimum absolute atomic E-state index is 0.167. The zero-order chi connectivity index (χ0) is 18.7. The molecule has 26 heavy (non-hydrogen) atoms.